The third kappa shape index (κ3) is 3.10. The van der Waals surface area contributed by atoms with E-state index in [1.54, 1.807) is 14.0 Å². The molecule has 0 heterocycles. The summed E-state index contributed by atoms with van der Waals surface area (Å²) in [5, 5.41) is 19.2. The lowest BCUT2D eigenvalue weighted by molar-refractivity contribution is 0.0781. The van der Waals surface area contributed by atoms with E-state index in [0.29, 0.717) is 11.5 Å². The number of aromatic hydroxyl groups is 2. The molecule has 1 amide bonds. The lowest BCUT2D eigenvalue weighted by Crippen LogP contribution is -2.35. The Bertz CT molecular complexity index is 456. The van der Waals surface area contributed by atoms with Crippen molar-refractivity contribution < 1.29 is 15.0 Å². The number of carbonyl (C=O) groups excluding carboxylic acids is 1. The molecule has 5 nitrogen and oxygen atoms in total. The Balaban J connectivity index is 2.90. The molecule has 0 fully saturated rings. The summed E-state index contributed by atoms with van der Waals surface area (Å²) in [5.41, 5.74) is 5.36. The highest BCUT2D eigenvalue weighted by molar-refractivity contribution is 7.80. The molecular weight excluding hydrogens is 252 g/mol. The number of nitrogens with zero attached hydrogens (tertiary/aromatic N) is 1. The third-order valence-electron chi connectivity index (χ3n) is 2.61. The minimum atomic E-state index is -0.478. The molecule has 1 rings (SSSR count). The summed E-state index contributed by atoms with van der Waals surface area (Å²) in [6, 6.07) is 4.15. The Kier molecular flexibility index (Phi) is 4.49. The highest BCUT2D eigenvalue weighted by Crippen LogP contribution is 2.27. The van der Waals surface area contributed by atoms with Crippen molar-refractivity contribution in [3.8, 4) is 11.5 Å². The average Bonchev–Trinajstić information content (AvgIpc) is 2.28. The predicted octanol–water partition coefficient (Wildman–Crippen LogP) is 1.09. The van der Waals surface area contributed by atoms with Crippen LogP contribution >= 0.6 is 12.2 Å². The van der Waals surface area contributed by atoms with E-state index in [4.69, 9.17) is 18.0 Å². The molecule has 4 N–H and O–H groups in total. The molecule has 1 aromatic rings. The van der Waals surface area contributed by atoms with Crippen LogP contribution in [0.5, 0.6) is 11.5 Å². The van der Waals surface area contributed by atoms with Crippen molar-refractivity contribution in [2.45, 2.75) is 6.92 Å². The number of phenolic OH excluding ortho intramolecular Hbond substituents is 2. The molecule has 0 aromatic heterocycles. The van der Waals surface area contributed by atoms with Crippen LogP contribution in [0.3, 0.4) is 0 Å². The molecule has 6 heteroatoms. The molecule has 1 atom stereocenters. The molecule has 98 valence electrons. The summed E-state index contributed by atoms with van der Waals surface area (Å²) in [6.07, 6.45) is 0. The van der Waals surface area contributed by atoms with Crippen molar-refractivity contribution in [1.82, 2.24) is 4.90 Å². The number of rotatable bonds is 4. The van der Waals surface area contributed by atoms with Gasteiger partial charge in [0.1, 0.15) is 17.1 Å². The van der Waals surface area contributed by atoms with Crippen LogP contribution in [0.25, 0.3) is 0 Å². The summed E-state index contributed by atoms with van der Waals surface area (Å²) in [5.74, 6) is -1.12. The van der Waals surface area contributed by atoms with Gasteiger partial charge in [-0.25, -0.2) is 0 Å². The zero-order valence-corrected chi connectivity index (χ0v) is 11.1. The number of carbonyl (C=O) groups is 1. The van der Waals surface area contributed by atoms with E-state index in [-0.39, 0.29) is 23.0 Å². The van der Waals surface area contributed by atoms with Gasteiger partial charge in [0.2, 0.25) is 0 Å². The highest BCUT2D eigenvalue weighted by Gasteiger charge is 2.21. The number of nitrogens with two attached hydrogens (primary N) is 1. The van der Waals surface area contributed by atoms with Gasteiger partial charge in [-0.1, -0.05) is 25.2 Å². The van der Waals surface area contributed by atoms with Crippen LogP contribution in [0.15, 0.2) is 18.2 Å². The molecule has 0 saturated heterocycles. The zero-order chi connectivity index (χ0) is 13.9. The number of phenols is 2. The molecule has 0 radical (unpaired) electrons. The molecule has 1 aromatic carbocycles. The standard InChI is InChI=1S/C12H16N2O3S/c1-7(11(13)18)6-14(2)12(17)10-8(15)4-3-5-9(10)16/h3-5,7,15-16H,6H2,1-2H3,(H2,13,18). The largest absolute Gasteiger partial charge is 0.507 e. The van der Waals surface area contributed by atoms with Gasteiger partial charge in [0, 0.05) is 19.5 Å². The normalized spacial score (nSPS) is 11.9. The van der Waals surface area contributed by atoms with Gasteiger partial charge in [-0.15, -0.1) is 0 Å². The van der Waals surface area contributed by atoms with Crippen molar-refractivity contribution in [3.05, 3.63) is 23.8 Å². The van der Waals surface area contributed by atoms with E-state index in [2.05, 4.69) is 0 Å². The molecule has 0 saturated carbocycles. The van der Waals surface area contributed by atoms with E-state index in [0.717, 1.165) is 0 Å². The Hall–Kier alpha value is -1.82. The van der Waals surface area contributed by atoms with Crippen LogP contribution in [0.2, 0.25) is 0 Å². The van der Waals surface area contributed by atoms with Gasteiger partial charge in [-0.2, -0.15) is 0 Å². The van der Waals surface area contributed by atoms with E-state index in [1.165, 1.54) is 23.1 Å². The van der Waals surface area contributed by atoms with Crippen molar-refractivity contribution in [2.24, 2.45) is 11.7 Å². The average molecular weight is 268 g/mol. The molecule has 0 aliphatic rings. The van der Waals surface area contributed by atoms with E-state index in [1.807, 2.05) is 0 Å². The maximum absolute atomic E-state index is 12.1. The summed E-state index contributed by atoms with van der Waals surface area (Å²) in [6.45, 7) is 2.12. The first-order valence-electron chi connectivity index (χ1n) is 5.40. The number of amides is 1. The Morgan fingerprint density at radius 2 is 1.94 bits per heavy atom. The second kappa shape index (κ2) is 5.68. The quantitative estimate of drug-likeness (QED) is 0.712. The van der Waals surface area contributed by atoms with Crippen molar-refractivity contribution in [2.75, 3.05) is 13.6 Å². The molecule has 0 aliphatic carbocycles. The van der Waals surface area contributed by atoms with Crippen molar-refractivity contribution in [3.63, 3.8) is 0 Å². The monoisotopic (exact) mass is 268 g/mol. The topological polar surface area (TPSA) is 86.8 Å². The fraction of sp³-hybridized carbons (Fsp3) is 0.333. The molecule has 0 aliphatic heterocycles. The van der Waals surface area contributed by atoms with Gasteiger partial charge in [-0.3, -0.25) is 4.79 Å². The Morgan fingerprint density at radius 3 is 2.39 bits per heavy atom. The molecule has 1 unspecified atom stereocenters. The van der Waals surface area contributed by atoms with E-state index in [9.17, 15) is 15.0 Å². The number of benzene rings is 1. The SMILES string of the molecule is CC(CN(C)C(=O)c1c(O)cccc1O)C(N)=S. The minimum Gasteiger partial charge on any atom is -0.507 e. The van der Waals surface area contributed by atoms with Gasteiger partial charge in [-0.05, 0) is 12.1 Å². The third-order valence-corrected chi connectivity index (χ3v) is 3.02. The Labute approximate surface area is 111 Å². The van der Waals surface area contributed by atoms with Crippen molar-refractivity contribution in [1.29, 1.82) is 0 Å². The molecule has 18 heavy (non-hydrogen) atoms. The van der Waals surface area contributed by atoms with Gasteiger partial charge in [0.05, 0.1) is 4.99 Å². The second-order valence-electron chi connectivity index (χ2n) is 4.16. The van der Waals surface area contributed by atoms with Crippen LogP contribution in [-0.2, 0) is 0 Å². The fourth-order valence-electron chi connectivity index (χ4n) is 1.52. The lowest BCUT2D eigenvalue weighted by atomic mass is 10.1. The second-order valence-corrected chi connectivity index (χ2v) is 4.63. The number of thiocarbonyl (C=S) groups is 1. The van der Waals surface area contributed by atoms with Gasteiger partial charge < -0.3 is 20.8 Å². The molecule has 0 bridgehead atoms. The first-order chi connectivity index (χ1) is 8.34. The summed E-state index contributed by atoms with van der Waals surface area (Å²) < 4.78 is 0. The van der Waals surface area contributed by atoms with Gasteiger partial charge in [0.25, 0.3) is 5.91 Å². The van der Waals surface area contributed by atoms with E-state index < -0.39 is 5.91 Å². The van der Waals surface area contributed by atoms with Crippen molar-refractivity contribution >= 4 is 23.1 Å². The fourth-order valence-corrected chi connectivity index (χ4v) is 1.60. The smallest absolute Gasteiger partial charge is 0.261 e. The maximum Gasteiger partial charge on any atom is 0.261 e. The first-order valence-corrected chi connectivity index (χ1v) is 5.81. The summed E-state index contributed by atoms with van der Waals surface area (Å²) >= 11 is 4.83. The maximum atomic E-state index is 12.1. The minimum absolute atomic E-state index is 0.116. The number of hydrogen-bond acceptors (Lipinski definition) is 4. The van der Waals surface area contributed by atoms with Crippen LogP contribution < -0.4 is 5.73 Å². The molecular formula is C12H16N2O3S. The lowest BCUT2D eigenvalue weighted by Gasteiger charge is -2.21. The van der Waals surface area contributed by atoms with Gasteiger partial charge >= 0.3 is 0 Å². The highest BCUT2D eigenvalue weighted by atomic mass is 32.1. The molecule has 0 spiro atoms. The van der Waals surface area contributed by atoms with Crippen LogP contribution in [0.1, 0.15) is 17.3 Å². The number of hydrogen-bond donors (Lipinski definition) is 3. The predicted molar refractivity (Wildman–Crippen MR) is 72.7 cm³/mol. The van der Waals surface area contributed by atoms with Crippen LogP contribution in [-0.4, -0.2) is 39.6 Å². The zero-order valence-electron chi connectivity index (χ0n) is 10.3. The van der Waals surface area contributed by atoms with Crippen LogP contribution in [0, 0.1) is 5.92 Å². The summed E-state index contributed by atoms with van der Waals surface area (Å²) in [4.78, 5) is 13.7. The first kappa shape index (κ1) is 14.2. The van der Waals surface area contributed by atoms with Crippen LogP contribution in [0.4, 0.5) is 0 Å². The van der Waals surface area contributed by atoms with E-state index >= 15 is 0 Å². The summed E-state index contributed by atoms with van der Waals surface area (Å²) in [7, 11) is 1.56. The van der Waals surface area contributed by atoms with Gasteiger partial charge in [0.15, 0.2) is 0 Å². The Morgan fingerprint density at radius 1 is 1.44 bits per heavy atom.